The number of hydrogen-bond donors (Lipinski definition) is 0. The van der Waals surface area contributed by atoms with E-state index < -0.39 is 16.4 Å². The predicted molar refractivity (Wildman–Crippen MR) is 73.3 cm³/mol. The van der Waals surface area contributed by atoms with Crippen LogP contribution < -0.4 is 4.90 Å². The summed E-state index contributed by atoms with van der Waals surface area (Å²) >= 11 is 0. The van der Waals surface area contributed by atoms with Gasteiger partial charge in [0.25, 0.3) is 0 Å². The molecule has 1 aromatic rings. The molecule has 4 atom stereocenters. The molecule has 7 heteroatoms. The molecule has 1 heterocycles. The molecule has 1 saturated heterocycles. The van der Waals surface area contributed by atoms with Gasteiger partial charge in [0.2, 0.25) is 17.6 Å². The summed E-state index contributed by atoms with van der Waals surface area (Å²) in [4.78, 5) is 36.1. The van der Waals surface area contributed by atoms with Crippen molar-refractivity contribution in [3.05, 3.63) is 46.3 Å². The number of nitrogens with zero attached hydrogens (tertiary/aromatic N) is 2. The van der Waals surface area contributed by atoms with Gasteiger partial charge in [-0.3, -0.25) is 19.7 Å². The second-order valence-electron chi connectivity index (χ2n) is 5.90. The molecule has 1 saturated carbocycles. The molecule has 2 aliphatic carbocycles. The van der Waals surface area contributed by atoms with Crippen molar-refractivity contribution in [2.24, 2.45) is 23.7 Å². The number of carbonyl (C=O) groups is 2. The third-order valence-corrected chi connectivity index (χ3v) is 4.85. The molecule has 112 valence electrons. The first-order valence-corrected chi connectivity index (χ1v) is 6.99. The lowest BCUT2D eigenvalue weighted by Gasteiger charge is -2.17. The van der Waals surface area contributed by atoms with Gasteiger partial charge in [-0.2, -0.15) is 4.39 Å². The van der Waals surface area contributed by atoms with Gasteiger partial charge in [0.1, 0.15) is 0 Å². The number of benzene rings is 1. The summed E-state index contributed by atoms with van der Waals surface area (Å²) in [6.45, 7) is 0. The zero-order valence-corrected chi connectivity index (χ0v) is 11.3. The molecule has 3 aliphatic rings. The lowest BCUT2D eigenvalue weighted by molar-refractivity contribution is -0.387. The summed E-state index contributed by atoms with van der Waals surface area (Å²) in [5.74, 6) is -2.31. The molecular weight excluding hydrogens is 291 g/mol. The Morgan fingerprint density at radius 2 is 1.73 bits per heavy atom. The fraction of sp³-hybridized carbons (Fsp3) is 0.333. The molecule has 2 amide bonds. The zero-order valence-electron chi connectivity index (χ0n) is 11.3. The molecule has 0 aromatic heterocycles. The average molecular weight is 302 g/mol. The Morgan fingerprint density at radius 1 is 1.14 bits per heavy atom. The van der Waals surface area contributed by atoms with Gasteiger partial charge < -0.3 is 0 Å². The van der Waals surface area contributed by atoms with Gasteiger partial charge in [0, 0.05) is 6.07 Å². The van der Waals surface area contributed by atoms with E-state index in [4.69, 9.17) is 0 Å². The number of nitro groups is 1. The third-order valence-electron chi connectivity index (χ3n) is 4.85. The van der Waals surface area contributed by atoms with Crippen LogP contribution in [0.15, 0.2) is 30.4 Å². The van der Waals surface area contributed by atoms with Crippen molar-refractivity contribution in [2.75, 3.05) is 4.90 Å². The lowest BCUT2D eigenvalue weighted by atomic mass is 9.85. The summed E-state index contributed by atoms with van der Waals surface area (Å²) in [5, 5.41) is 10.8. The van der Waals surface area contributed by atoms with E-state index in [9.17, 15) is 24.1 Å². The van der Waals surface area contributed by atoms with Gasteiger partial charge in [0.05, 0.1) is 22.4 Å². The van der Waals surface area contributed by atoms with Crippen molar-refractivity contribution in [1.82, 2.24) is 0 Å². The predicted octanol–water partition coefficient (Wildman–Crippen LogP) is 2.05. The van der Waals surface area contributed by atoms with Crippen molar-refractivity contribution in [2.45, 2.75) is 6.42 Å². The van der Waals surface area contributed by atoms with Crippen LogP contribution in [0.2, 0.25) is 0 Å². The maximum atomic E-state index is 13.4. The number of fused-ring (bicyclic) bond motifs is 5. The van der Waals surface area contributed by atoms with E-state index in [0.29, 0.717) is 0 Å². The molecule has 0 spiro atoms. The first-order chi connectivity index (χ1) is 10.5. The molecule has 2 bridgehead atoms. The van der Waals surface area contributed by atoms with Gasteiger partial charge >= 0.3 is 5.69 Å². The Kier molecular flexibility index (Phi) is 2.52. The standard InChI is InChI=1S/C15H11FN2O4/c16-10-4-3-9(6-11(10)18(21)22)17-14(19)12-7-1-2-8(5-7)13(12)15(17)20/h1-4,6-8,12-13H,5H2. The van der Waals surface area contributed by atoms with Crippen LogP contribution in [-0.4, -0.2) is 16.7 Å². The summed E-state index contributed by atoms with van der Waals surface area (Å²) in [5.41, 5.74) is -0.673. The Balaban J connectivity index is 1.76. The minimum atomic E-state index is -0.991. The van der Waals surface area contributed by atoms with Crippen molar-refractivity contribution in [1.29, 1.82) is 0 Å². The second-order valence-corrected chi connectivity index (χ2v) is 5.90. The van der Waals surface area contributed by atoms with Gasteiger partial charge in [-0.1, -0.05) is 12.2 Å². The van der Waals surface area contributed by atoms with E-state index in [1.807, 2.05) is 12.2 Å². The summed E-state index contributed by atoms with van der Waals surface area (Å²) in [6, 6.07) is 3.09. The molecule has 4 unspecified atom stereocenters. The van der Waals surface area contributed by atoms with E-state index in [2.05, 4.69) is 0 Å². The highest BCUT2D eigenvalue weighted by Gasteiger charge is 2.59. The van der Waals surface area contributed by atoms with E-state index in [1.165, 1.54) is 6.07 Å². The normalized spacial score (nSPS) is 32.0. The maximum absolute atomic E-state index is 13.4. The van der Waals surface area contributed by atoms with Crippen LogP contribution in [0.25, 0.3) is 0 Å². The molecule has 1 aliphatic heterocycles. The SMILES string of the molecule is O=C1C2C3C=CC(C3)C2C(=O)N1c1ccc(F)c([N+](=O)[O-])c1. The highest BCUT2D eigenvalue weighted by atomic mass is 19.1. The minimum Gasteiger partial charge on any atom is -0.274 e. The average Bonchev–Trinajstić information content (AvgIpc) is 3.14. The Hall–Kier alpha value is -2.57. The number of carbonyl (C=O) groups excluding carboxylic acids is 2. The summed E-state index contributed by atoms with van der Waals surface area (Å²) < 4.78 is 13.4. The lowest BCUT2D eigenvalue weighted by Crippen LogP contribution is -2.32. The largest absolute Gasteiger partial charge is 0.306 e. The van der Waals surface area contributed by atoms with Crippen LogP contribution in [0, 0.1) is 39.6 Å². The molecule has 1 aromatic carbocycles. The molecular formula is C15H11FN2O4. The fourth-order valence-electron chi connectivity index (χ4n) is 3.94. The molecule has 0 N–H and O–H groups in total. The second kappa shape index (κ2) is 4.22. The van der Waals surface area contributed by atoms with E-state index >= 15 is 0 Å². The maximum Gasteiger partial charge on any atom is 0.306 e. The number of allylic oxidation sites excluding steroid dienone is 2. The highest BCUT2D eigenvalue weighted by Crippen LogP contribution is 2.53. The first kappa shape index (κ1) is 13.1. The van der Waals surface area contributed by atoms with E-state index in [1.54, 1.807) is 0 Å². The number of imide groups is 1. The third kappa shape index (κ3) is 1.53. The number of halogens is 1. The smallest absolute Gasteiger partial charge is 0.274 e. The van der Waals surface area contributed by atoms with Crippen molar-refractivity contribution < 1.29 is 18.9 Å². The van der Waals surface area contributed by atoms with Crippen molar-refractivity contribution in [3.8, 4) is 0 Å². The van der Waals surface area contributed by atoms with Gasteiger partial charge in [-0.05, 0) is 30.4 Å². The fourth-order valence-corrected chi connectivity index (χ4v) is 3.94. The zero-order chi connectivity index (χ0) is 15.6. The summed E-state index contributed by atoms with van der Waals surface area (Å²) in [7, 11) is 0. The number of amides is 2. The van der Waals surface area contributed by atoms with Crippen molar-refractivity contribution >= 4 is 23.2 Å². The Labute approximate surface area is 124 Å². The van der Waals surface area contributed by atoms with Gasteiger partial charge in [-0.15, -0.1) is 0 Å². The first-order valence-electron chi connectivity index (χ1n) is 6.99. The van der Waals surface area contributed by atoms with E-state index in [0.717, 1.165) is 23.5 Å². The molecule has 22 heavy (non-hydrogen) atoms. The van der Waals surface area contributed by atoms with Crippen LogP contribution in [0.4, 0.5) is 15.8 Å². The van der Waals surface area contributed by atoms with Gasteiger partial charge in [0.15, 0.2) is 0 Å². The number of nitro benzene ring substituents is 1. The molecule has 0 radical (unpaired) electrons. The minimum absolute atomic E-state index is 0.0619. The number of hydrogen-bond acceptors (Lipinski definition) is 4. The quantitative estimate of drug-likeness (QED) is 0.362. The highest BCUT2D eigenvalue weighted by molar-refractivity contribution is 6.22. The molecule has 2 fully saturated rings. The van der Waals surface area contributed by atoms with Crippen LogP contribution >= 0.6 is 0 Å². The molecule has 4 rings (SSSR count). The monoisotopic (exact) mass is 302 g/mol. The number of rotatable bonds is 2. The Morgan fingerprint density at radius 3 is 2.27 bits per heavy atom. The van der Waals surface area contributed by atoms with Crippen LogP contribution in [0.5, 0.6) is 0 Å². The number of anilines is 1. The van der Waals surface area contributed by atoms with Gasteiger partial charge in [-0.25, -0.2) is 4.90 Å². The Bertz CT molecular complexity index is 730. The van der Waals surface area contributed by atoms with E-state index in [-0.39, 0.29) is 41.2 Å². The molecule has 6 nitrogen and oxygen atoms in total. The summed E-state index contributed by atoms with van der Waals surface area (Å²) in [6.07, 6.45) is 4.74. The topological polar surface area (TPSA) is 80.5 Å². The van der Waals surface area contributed by atoms with Crippen LogP contribution in [0.1, 0.15) is 6.42 Å². The van der Waals surface area contributed by atoms with Crippen LogP contribution in [0.3, 0.4) is 0 Å². The van der Waals surface area contributed by atoms with Crippen molar-refractivity contribution in [3.63, 3.8) is 0 Å². The van der Waals surface area contributed by atoms with Crippen LogP contribution in [-0.2, 0) is 9.59 Å².